The molecule has 3 heteroatoms. The average molecular weight is 252 g/mol. The summed E-state index contributed by atoms with van der Waals surface area (Å²) < 4.78 is 0. The number of rotatable bonds is 6. The van der Waals surface area contributed by atoms with Crippen molar-refractivity contribution in [2.45, 2.75) is 32.9 Å². The van der Waals surface area contributed by atoms with Crippen LogP contribution in [0.1, 0.15) is 24.5 Å². The van der Waals surface area contributed by atoms with Gasteiger partial charge in [0, 0.05) is 24.0 Å². The molecule has 0 amide bonds. The predicted molar refractivity (Wildman–Crippen MR) is 79.5 cm³/mol. The number of benzene rings is 1. The summed E-state index contributed by atoms with van der Waals surface area (Å²) in [6, 6.07) is 7.02. The van der Waals surface area contributed by atoms with Gasteiger partial charge in [-0.15, -0.1) is 0 Å². The molecular weight excluding hydrogens is 228 g/mol. The van der Waals surface area contributed by atoms with Gasteiger partial charge in [0.1, 0.15) is 0 Å². The highest BCUT2D eigenvalue weighted by molar-refractivity contribution is 7.98. The van der Waals surface area contributed by atoms with Crippen LogP contribution in [0.2, 0.25) is 0 Å². The summed E-state index contributed by atoms with van der Waals surface area (Å²) >= 11 is 1.91. The molecule has 0 fully saturated rings. The normalized spacial score (nSPS) is 13.0. The molecule has 1 aromatic carbocycles. The van der Waals surface area contributed by atoms with Crippen LogP contribution in [0.3, 0.4) is 0 Å². The summed E-state index contributed by atoms with van der Waals surface area (Å²) in [7, 11) is 2.19. The Morgan fingerprint density at radius 1 is 1.41 bits per heavy atom. The van der Waals surface area contributed by atoms with E-state index in [4.69, 9.17) is 5.73 Å². The van der Waals surface area contributed by atoms with Crippen molar-refractivity contribution in [3.8, 4) is 0 Å². The Kier molecular flexibility index (Phi) is 5.86. The second-order valence-electron chi connectivity index (χ2n) is 4.62. The molecule has 96 valence electrons. The molecule has 0 spiro atoms. The third-order valence-electron chi connectivity index (χ3n) is 3.23. The molecule has 1 aromatic rings. The molecule has 0 aliphatic carbocycles. The van der Waals surface area contributed by atoms with E-state index in [1.54, 1.807) is 0 Å². The summed E-state index contributed by atoms with van der Waals surface area (Å²) in [5, 5.41) is 0. The van der Waals surface area contributed by atoms with E-state index in [2.05, 4.69) is 43.3 Å². The van der Waals surface area contributed by atoms with E-state index < -0.39 is 0 Å². The van der Waals surface area contributed by atoms with Crippen LogP contribution < -0.4 is 5.73 Å². The van der Waals surface area contributed by atoms with Crippen LogP contribution in [0.15, 0.2) is 18.2 Å². The van der Waals surface area contributed by atoms with Crippen LogP contribution in [0.25, 0.3) is 0 Å². The van der Waals surface area contributed by atoms with Gasteiger partial charge in [0.25, 0.3) is 0 Å². The molecule has 2 nitrogen and oxygen atoms in total. The quantitative estimate of drug-likeness (QED) is 0.789. The van der Waals surface area contributed by atoms with Crippen molar-refractivity contribution in [2.75, 3.05) is 24.8 Å². The fourth-order valence-electron chi connectivity index (χ4n) is 1.95. The summed E-state index contributed by atoms with van der Waals surface area (Å²) in [6.07, 6.45) is 3.36. The van der Waals surface area contributed by atoms with Gasteiger partial charge in [0.2, 0.25) is 0 Å². The Balaban J connectivity index is 2.66. The smallest absolute Gasteiger partial charge is 0.0346 e. The molecule has 1 atom stereocenters. The van der Waals surface area contributed by atoms with E-state index >= 15 is 0 Å². The van der Waals surface area contributed by atoms with Gasteiger partial charge in [-0.2, -0.15) is 11.8 Å². The third-order valence-corrected chi connectivity index (χ3v) is 3.95. The monoisotopic (exact) mass is 252 g/mol. The van der Waals surface area contributed by atoms with Crippen LogP contribution in [-0.2, 0) is 6.54 Å². The average Bonchev–Trinajstić information content (AvgIpc) is 2.30. The molecule has 1 unspecified atom stereocenters. The Morgan fingerprint density at radius 2 is 2.12 bits per heavy atom. The zero-order valence-corrected chi connectivity index (χ0v) is 12.2. The first kappa shape index (κ1) is 14.4. The van der Waals surface area contributed by atoms with Crippen molar-refractivity contribution in [3.05, 3.63) is 29.3 Å². The number of aryl methyl sites for hydroxylation is 1. The minimum absolute atomic E-state index is 0.646. The fraction of sp³-hybridized carbons (Fsp3) is 0.571. The lowest BCUT2D eigenvalue weighted by Gasteiger charge is -2.26. The van der Waals surface area contributed by atoms with Crippen molar-refractivity contribution in [1.82, 2.24) is 4.90 Å². The van der Waals surface area contributed by atoms with Gasteiger partial charge >= 0.3 is 0 Å². The highest BCUT2D eigenvalue weighted by Crippen LogP contribution is 2.16. The summed E-state index contributed by atoms with van der Waals surface area (Å²) in [6.45, 7) is 5.27. The maximum Gasteiger partial charge on any atom is 0.0346 e. The lowest BCUT2D eigenvalue weighted by Crippen LogP contribution is -2.32. The number of anilines is 1. The molecule has 0 saturated heterocycles. The molecule has 1 rings (SSSR count). The molecule has 0 radical (unpaired) electrons. The molecule has 17 heavy (non-hydrogen) atoms. The molecular formula is C14H24N2S. The Bertz CT molecular complexity index is 352. The lowest BCUT2D eigenvalue weighted by atomic mass is 10.1. The zero-order valence-electron chi connectivity index (χ0n) is 11.4. The Labute approximate surface area is 110 Å². The van der Waals surface area contributed by atoms with E-state index in [0.717, 1.165) is 17.8 Å². The zero-order chi connectivity index (χ0) is 12.8. The van der Waals surface area contributed by atoms with Gasteiger partial charge in [-0.3, -0.25) is 4.90 Å². The van der Waals surface area contributed by atoms with E-state index in [9.17, 15) is 0 Å². The first-order valence-corrected chi connectivity index (χ1v) is 7.52. The molecule has 0 aliphatic heterocycles. The highest BCUT2D eigenvalue weighted by atomic mass is 32.2. The Morgan fingerprint density at radius 3 is 2.65 bits per heavy atom. The van der Waals surface area contributed by atoms with Gasteiger partial charge in [-0.05, 0) is 43.8 Å². The number of nitrogens with zero attached hydrogens (tertiary/aromatic N) is 1. The maximum atomic E-state index is 5.94. The van der Waals surface area contributed by atoms with Crippen molar-refractivity contribution in [1.29, 1.82) is 0 Å². The second kappa shape index (κ2) is 6.92. The number of nitrogens with two attached hydrogens (primary N) is 1. The first-order valence-electron chi connectivity index (χ1n) is 6.12. The lowest BCUT2D eigenvalue weighted by molar-refractivity contribution is 0.248. The highest BCUT2D eigenvalue weighted by Gasteiger charge is 2.12. The van der Waals surface area contributed by atoms with Gasteiger partial charge in [-0.1, -0.05) is 19.1 Å². The van der Waals surface area contributed by atoms with Crippen LogP contribution >= 0.6 is 11.8 Å². The number of nitrogen functional groups attached to an aromatic ring is 1. The minimum atomic E-state index is 0.646. The molecule has 0 aliphatic rings. The number of hydrogen-bond acceptors (Lipinski definition) is 3. The molecule has 0 saturated carbocycles. The largest absolute Gasteiger partial charge is 0.399 e. The fourth-order valence-corrected chi connectivity index (χ4v) is 2.83. The number of hydrogen-bond donors (Lipinski definition) is 1. The number of thioether (sulfide) groups is 1. The van der Waals surface area contributed by atoms with Gasteiger partial charge in [-0.25, -0.2) is 0 Å². The van der Waals surface area contributed by atoms with E-state index in [0.29, 0.717) is 6.04 Å². The van der Waals surface area contributed by atoms with Crippen LogP contribution in [0, 0.1) is 6.92 Å². The molecule has 0 bridgehead atoms. The van der Waals surface area contributed by atoms with Crippen molar-refractivity contribution >= 4 is 17.4 Å². The molecule has 0 heterocycles. The second-order valence-corrected chi connectivity index (χ2v) is 5.53. The maximum absolute atomic E-state index is 5.94. The van der Waals surface area contributed by atoms with E-state index in [1.165, 1.54) is 17.7 Å². The molecule has 2 N–H and O–H groups in total. The summed E-state index contributed by atoms with van der Waals surface area (Å²) in [5.74, 6) is 1.19. The standard InChI is InChI=1S/C14H24N2S/c1-5-13(10-17-4)16(3)9-12-7-6-11(2)14(15)8-12/h6-8,13H,5,9-10,15H2,1-4H3. The van der Waals surface area contributed by atoms with E-state index in [-0.39, 0.29) is 0 Å². The first-order chi connectivity index (χ1) is 8.08. The van der Waals surface area contributed by atoms with Gasteiger partial charge in [0.15, 0.2) is 0 Å². The molecule has 0 aromatic heterocycles. The third kappa shape index (κ3) is 4.25. The van der Waals surface area contributed by atoms with Crippen molar-refractivity contribution < 1.29 is 0 Å². The van der Waals surface area contributed by atoms with Crippen LogP contribution in [0.4, 0.5) is 5.69 Å². The van der Waals surface area contributed by atoms with Crippen molar-refractivity contribution in [3.63, 3.8) is 0 Å². The van der Waals surface area contributed by atoms with Crippen LogP contribution in [0.5, 0.6) is 0 Å². The minimum Gasteiger partial charge on any atom is -0.399 e. The van der Waals surface area contributed by atoms with Crippen LogP contribution in [-0.4, -0.2) is 30.0 Å². The topological polar surface area (TPSA) is 29.3 Å². The van der Waals surface area contributed by atoms with Crippen molar-refractivity contribution in [2.24, 2.45) is 0 Å². The van der Waals surface area contributed by atoms with E-state index in [1.807, 2.05) is 18.7 Å². The van der Waals surface area contributed by atoms with Gasteiger partial charge < -0.3 is 5.73 Å². The van der Waals surface area contributed by atoms with Gasteiger partial charge in [0.05, 0.1) is 0 Å². The summed E-state index contributed by atoms with van der Waals surface area (Å²) in [5.41, 5.74) is 9.30. The predicted octanol–water partition coefficient (Wildman–Crippen LogP) is 3.15. The SMILES string of the molecule is CCC(CSC)N(C)Cc1ccc(C)c(N)c1. The Hall–Kier alpha value is -0.670. The summed E-state index contributed by atoms with van der Waals surface area (Å²) in [4.78, 5) is 2.42.